The fourth-order valence-electron chi connectivity index (χ4n) is 2.63. The minimum atomic E-state index is -0.367. The van der Waals surface area contributed by atoms with Crippen molar-refractivity contribution in [3.8, 4) is 0 Å². The lowest BCUT2D eigenvalue weighted by Crippen LogP contribution is -2.36. The van der Waals surface area contributed by atoms with Crippen LogP contribution in [0.25, 0.3) is 0 Å². The number of nitro benzene ring substituents is 1. The minimum Gasteiger partial charge on any atom is -0.364 e. The molecule has 6 nitrogen and oxygen atoms in total. The molecule has 114 valence electrons. The Morgan fingerprint density at radius 3 is 2.62 bits per heavy atom. The third kappa shape index (κ3) is 3.71. The van der Waals surface area contributed by atoms with Crippen molar-refractivity contribution in [1.82, 2.24) is 4.90 Å². The number of hydrogen-bond acceptors (Lipinski definition) is 4. The van der Waals surface area contributed by atoms with Gasteiger partial charge in [0.1, 0.15) is 5.69 Å². The molecule has 2 rings (SSSR count). The van der Waals surface area contributed by atoms with Crippen LogP contribution in [0.5, 0.6) is 0 Å². The van der Waals surface area contributed by atoms with E-state index in [9.17, 15) is 14.9 Å². The smallest absolute Gasteiger partial charge is 0.292 e. The molecule has 0 atom stereocenters. The van der Waals surface area contributed by atoms with Crippen molar-refractivity contribution < 1.29 is 9.72 Å². The first-order valence-electron chi connectivity index (χ1n) is 7.25. The van der Waals surface area contributed by atoms with Crippen molar-refractivity contribution in [3.05, 3.63) is 34.4 Å². The number of amides is 1. The molecule has 1 fully saturated rings. The monoisotopic (exact) mass is 291 g/mol. The lowest BCUT2D eigenvalue weighted by molar-refractivity contribution is -0.384. The van der Waals surface area contributed by atoms with E-state index in [1.54, 1.807) is 18.2 Å². The first-order valence-corrected chi connectivity index (χ1v) is 7.25. The van der Waals surface area contributed by atoms with Crippen LogP contribution < -0.4 is 4.90 Å². The molecule has 1 saturated heterocycles. The molecule has 1 aromatic carbocycles. The van der Waals surface area contributed by atoms with Gasteiger partial charge in [-0.05, 0) is 12.0 Å². The number of benzene rings is 1. The molecule has 1 aliphatic rings. The van der Waals surface area contributed by atoms with Crippen LogP contribution in [0.4, 0.5) is 11.4 Å². The predicted molar refractivity (Wildman–Crippen MR) is 81.3 cm³/mol. The lowest BCUT2D eigenvalue weighted by atomic mass is 10.2. The highest BCUT2D eigenvalue weighted by atomic mass is 16.6. The van der Waals surface area contributed by atoms with Crippen LogP contribution in [0.2, 0.25) is 0 Å². The normalized spacial score (nSPS) is 16.2. The highest BCUT2D eigenvalue weighted by molar-refractivity contribution is 5.78. The van der Waals surface area contributed by atoms with E-state index >= 15 is 0 Å². The summed E-state index contributed by atoms with van der Waals surface area (Å²) in [7, 11) is 0. The van der Waals surface area contributed by atoms with E-state index in [1.165, 1.54) is 6.07 Å². The maximum absolute atomic E-state index is 12.1. The van der Waals surface area contributed by atoms with Crippen molar-refractivity contribution in [2.45, 2.75) is 20.3 Å². The standard InChI is InChI=1S/C15H21N3O3/c1-12(2)11-17-10-9-16(8-7-15(17)19)13-5-3-4-6-14(13)18(20)21/h3-6,12H,7-11H2,1-2H3. The van der Waals surface area contributed by atoms with E-state index in [4.69, 9.17) is 0 Å². The quantitative estimate of drug-likeness (QED) is 0.630. The third-order valence-corrected chi connectivity index (χ3v) is 3.59. The number of hydrogen-bond donors (Lipinski definition) is 0. The molecule has 0 spiro atoms. The second-order valence-electron chi connectivity index (χ2n) is 5.72. The van der Waals surface area contributed by atoms with Gasteiger partial charge in [-0.25, -0.2) is 0 Å². The average Bonchev–Trinajstić information content (AvgIpc) is 2.61. The van der Waals surface area contributed by atoms with Crippen LogP contribution in [0.15, 0.2) is 24.3 Å². The highest BCUT2D eigenvalue weighted by Crippen LogP contribution is 2.28. The summed E-state index contributed by atoms with van der Waals surface area (Å²) < 4.78 is 0. The van der Waals surface area contributed by atoms with E-state index in [-0.39, 0.29) is 16.5 Å². The largest absolute Gasteiger partial charge is 0.364 e. The molecule has 0 radical (unpaired) electrons. The van der Waals surface area contributed by atoms with Crippen molar-refractivity contribution in [1.29, 1.82) is 0 Å². The minimum absolute atomic E-state index is 0.0993. The summed E-state index contributed by atoms with van der Waals surface area (Å²) in [5, 5.41) is 11.1. The molecule has 0 bridgehead atoms. The molecule has 0 aromatic heterocycles. The molecule has 6 heteroatoms. The second-order valence-corrected chi connectivity index (χ2v) is 5.72. The van der Waals surface area contributed by atoms with Crippen LogP contribution >= 0.6 is 0 Å². The topological polar surface area (TPSA) is 66.7 Å². The van der Waals surface area contributed by atoms with Crippen LogP contribution in [0.3, 0.4) is 0 Å². The van der Waals surface area contributed by atoms with Gasteiger partial charge in [-0.3, -0.25) is 14.9 Å². The van der Waals surface area contributed by atoms with E-state index < -0.39 is 0 Å². The Balaban J connectivity index is 2.16. The van der Waals surface area contributed by atoms with E-state index in [0.29, 0.717) is 37.7 Å². The lowest BCUT2D eigenvalue weighted by Gasteiger charge is -2.24. The Morgan fingerprint density at radius 1 is 1.24 bits per heavy atom. The Labute approximate surface area is 124 Å². The predicted octanol–water partition coefficient (Wildman–Crippen LogP) is 2.29. The molecule has 1 heterocycles. The number of rotatable bonds is 4. The maximum atomic E-state index is 12.1. The van der Waals surface area contributed by atoms with Crippen LogP contribution in [-0.2, 0) is 4.79 Å². The molecule has 0 N–H and O–H groups in total. The summed E-state index contributed by atoms with van der Waals surface area (Å²) in [5.41, 5.74) is 0.698. The van der Waals surface area contributed by atoms with Crippen molar-refractivity contribution in [3.63, 3.8) is 0 Å². The van der Waals surface area contributed by atoms with E-state index in [2.05, 4.69) is 13.8 Å². The van der Waals surface area contributed by atoms with Gasteiger partial charge in [0.2, 0.25) is 5.91 Å². The molecule has 21 heavy (non-hydrogen) atoms. The molecule has 0 unspecified atom stereocenters. The molecular weight excluding hydrogens is 270 g/mol. The summed E-state index contributed by atoms with van der Waals surface area (Å²) in [6.07, 6.45) is 0.402. The number of carbonyl (C=O) groups excluding carboxylic acids is 1. The van der Waals surface area contributed by atoms with E-state index in [1.807, 2.05) is 9.80 Å². The van der Waals surface area contributed by atoms with Crippen LogP contribution in [0.1, 0.15) is 20.3 Å². The summed E-state index contributed by atoms with van der Waals surface area (Å²) >= 11 is 0. The summed E-state index contributed by atoms with van der Waals surface area (Å²) in [5.74, 6) is 0.552. The molecule has 1 aromatic rings. The fourth-order valence-corrected chi connectivity index (χ4v) is 2.63. The second kappa shape index (κ2) is 6.56. The zero-order valence-electron chi connectivity index (χ0n) is 12.5. The van der Waals surface area contributed by atoms with Crippen LogP contribution in [-0.4, -0.2) is 41.9 Å². The van der Waals surface area contributed by atoms with Crippen molar-refractivity contribution in [2.24, 2.45) is 5.92 Å². The molecular formula is C15H21N3O3. The first-order chi connectivity index (χ1) is 9.99. The van der Waals surface area contributed by atoms with Gasteiger partial charge in [-0.2, -0.15) is 0 Å². The van der Waals surface area contributed by atoms with Crippen molar-refractivity contribution >= 4 is 17.3 Å². The number of anilines is 1. The Bertz CT molecular complexity index is 531. The van der Waals surface area contributed by atoms with Crippen LogP contribution in [0, 0.1) is 16.0 Å². The molecule has 0 saturated carbocycles. The third-order valence-electron chi connectivity index (χ3n) is 3.59. The molecule has 1 aliphatic heterocycles. The van der Waals surface area contributed by atoms with Gasteiger partial charge in [0.25, 0.3) is 5.69 Å². The first kappa shape index (κ1) is 15.3. The van der Waals surface area contributed by atoms with E-state index in [0.717, 1.165) is 6.54 Å². The Kier molecular flexibility index (Phi) is 4.77. The number of nitro groups is 1. The van der Waals surface area contributed by atoms with Gasteiger partial charge >= 0.3 is 0 Å². The number of carbonyl (C=O) groups is 1. The Hall–Kier alpha value is -2.11. The summed E-state index contributed by atoms with van der Waals surface area (Å²) in [4.78, 5) is 26.7. The molecule has 1 amide bonds. The number of nitrogens with zero attached hydrogens (tertiary/aromatic N) is 3. The Morgan fingerprint density at radius 2 is 1.95 bits per heavy atom. The summed E-state index contributed by atoms with van der Waals surface area (Å²) in [6.45, 7) is 6.67. The van der Waals surface area contributed by atoms with Gasteiger partial charge in [-0.1, -0.05) is 26.0 Å². The highest BCUT2D eigenvalue weighted by Gasteiger charge is 2.25. The van der Waals surface area contributed by atoms with Gasteiger partial charge in [-0.15, -0.1) is 0 Å². The maximum Gasteiger partial charge on any atom is 0.292 e. The van der Waals surface area contributed by atoms with Gasteiger partial charge in [0.05, 0.1) is 4.92 Å². The van der Waals surface area contributed by atoms with Gasteiger partial charge < -0.3 is 9.80 Å². The number of para-hydroxylation sites is 2. The zero-order chi connectivity index (χ0) is 15.4. The van der Waals surface area contributed by atoms with Crippen molar-refractivity contribution in [2.75, 3.05) is 31.1 Å². The fraction of sp³-hybridized carbons (Fsp3) is 0.533. The zero-order valence-corrected chi connectivity index (χ0v) is 12.5. The molecule has 0 aliphatic carbocycles. The summed E-state index contributed by atoms with van der Waals surface area (Å²) in [6, 6.07) is 6.71. The average molecular weight is 291 g/mol. The SMILES string of the molecule is CC(C)CN1CCN(c2ccccc2[N+](=O)[O-])CCC1=O. The van der Waals surface area contributed by atoms with Gasteiger partial charge in [0.15, 0.2) is 0 Å². The van der Waals surface area contributed by atoms with Gasteiger partial charge in [0, 0.05) is 38.7 Å².